The number of hydrogen-bond donors (Lipinski definition) is 0. The topological polar surface area (TPSA) is 78.9 Å². The molecule has 0 aromatic rings. The van der Waals surface area contributed by atoms with Gasteiger partial charge in [-0.2, -0.15) is 0 Å². The van der Waals surface area contributed by atoms with Gasteiger partial charge in [0.15, 0.2) is 6.10 Å². The Bertz CT molecular complexity index is 1470. The maximum atomic E-state index is 12.9. The van der Waals surface area contributed by atoms with Crippen molar-refractivity contribution in [3.8, 4) is 0 Å². The number of allylic oxidation sites excluding steroid dienone is 14. The molecular formula is C71H124O6. The molecule has 6 nitrogen and oxygen atoms in total. The van der Waals surface area contributed by atoms with Crippen molar-refractivity contribution in [2.45, 2.75) is 335 Å². The molecule has 0 radical (unpaired) electrons. The van der Waals surface area contributed by atoms with Crippen molar-refractivity contribution < 1.29 is 28.6 Å². The lowest BCUT2D eigenvalue weighted by Gasteiger charge is -2.18. The molecule has 1 atom stereocenters. The lowest BCUT2D eigenvalue weighted by Crippen LogP contribution is -2.30. The van der Waals surface area contributed by atoms with E-state index in [1.54, 1.807) is 0 Å². The molecule has 0 N–H and O–H groups in total. The number of carbonyl (C=O) groups excluding carboxylic acids is 3. The molecule has 1 unspecified atom stereocenters. The Morgan fingerprint density at radius 2 is 0.468 bits per heavy atom. The van der Waals surface area contributed by atoms with E-state index in [2.05, 4.69) is 106 Å². The maximum absolute atomic E-state index is 12.9. The van der Waals surface area contributed by atoms with Crippen LogP contribution in [0.5, 0.6) is 0 Å². The van der Waals surface area contributed by atoms with E-state index in [1.807, 2.05) is 0 Å². The Morgan fingerprint density at radius 1 is 0.260 bits per heavy atom. The van der Waals surface area contributed by atoms with Gasteiger partial charge < -0.3 is 14.2 Å². The molecule has 77 heavy (non-hydrogen) atoms. The Morgan fingerprint density at radius 3 is 0.753 bits per heavy atom. The summed E-state index contributed by atoms with van der Waals surface area (Å²) < 4.78 is 16.9. The van der Waals surface area contributed by atoms with Crippen molar-refractivity contribution in [3.63, 3.8) is 0 Å². The molecular weight excluding hydrogens is 949 g/mol. The fourth-order valence-electron chi connectivity index (χ4n) is 9.33. The van der Waals surface area contributed by atoms with E-state index in [0.717, 1.165) is 103 Å². The number of unbranched alkanes of at least 4 members (excludes halogenated alkanes) is 35. The minimum Gasteiger partial charge on any atom is -0.462 e. The van der Waals surface area contributed by atoms with Crippen molar-refractivity contribution >= 4 is 17.9 Å². The molecule has 0 aliphatic carbocycles. The van der Waals surface area contributed by atoms with Crippen LogP contribution >= 0.6 is 0 Å². The Kier molecular flexibility index (Phi) is 62.2. The lowest BCUT2D eigenvalue weighted by molar-refractivity contribution is -0.167. The van der Waals surface area contributed by atoms with Gasteiger partial charge in [0.2, 0.25) is 0 Å². The highest BCUT2D eigenvalue weighted by atomic mass is 16.6. The monoisotopic (exact) mass is 1070 g/mol. The first-order valence-electron chi connectivity index (χ1n) is 33.1. The van der Waals surface area contributed by atoms with Crippen LogP contribution < -0.4 is 0 Å². The van der Waals surface area contributed by atoms with Gasteiger partial charge in [-0.1, -0.05) is 273 Å². The molecule has 0 spiro atoms. The van der Waals surface area contributed by atoms with Gasteiger partial charge in [0.1, 0.15) is 13.2 Å². The molecule has 444 valence electrons. The zero-order valence-corrected chi connectivity index (χ0v) is 51.0. The zero-order chi connectivity index (χ0) is 55.7. The van der Waals surface area contributed by atoms with Gasteiger partial charge in [-0.15, -0.1) is 0 Å². The second-order valence-electron chi connectivity index (χ2n) is 22.0. The SMILES string of the molecule is CCCCCC/C=C\CCCCCCCC(=O)OCC(COC(=O)CCCCCCCCCC/C=C\C/C=C\C/C=C\CCCCCCC)OC(=O)CCCCCCCCCC/C=C\C/C=C\C/C=C\CCCCCCC. The van der Waals surface area contributed by atoms with Crippen LogP contribution in [0.1, 0.15) is 329 Å². The molecule has 0 aliphatic rings. The minimum absolute atomic E-state index is 0.0854. The van der Waals surface area contributed by atoms with Gasteiger partial charge in [-0.3, -0.25) is 14.4 Å². The lowest BCUT2D eigenvalue weighted by atomic mass is 10.1. The molecule has 0 aromatic heterocycles. The molecule has 0 rings (SSSR count). The number of ether oxygens (including phenoxy) is 3. The molecule has 0 amide bonds. The average molecular weight is 1070 g/mol. The van der Waals surface area contributed by atoms with Gasteiger partial charge in [0.25, 0.3) is 0 Å². The zero-order valence-electron chi connectivity index (χ0n) is 51.0. The van der Waals surface area contributed by atoms with Crippen LogP contribution in [0.15, 0.2) is 85.1 Å². The van der Waals surface area contributed by atoms with E-state index in [1.165, 1.54) is 186 Å². The summed E-state index contributed by atoms with van der Waals surface area (Å²) in [7, 11) is 0. The number of rotatable bonds is 60. The van der Waals surface area contributed by atoms with Crippen molar-refractivity contribution in [3.05, 3.63) is 85.1 Å². The molecule has 6 heteroatoms. The van der Waals surface area contributed by atoms with E-state index >= 15 is 0 Å². The standard InChI is InChI=1S/C71H124O6/c1-4-7-10-13-16-19-22-25-27-29-31-33-35-37-39-41-43-46-49-52-55-58-61-64-70(73)76-67-68(66-75-69(72)63-60-57-54-51-48-45-24-21-18-15-12-9-6-3)77-71(74)65-62-59-56-53-50-47-44-42-40-38-36-34-32-30-28-26-23-20-17-14-11-8-5-2/h21-26,29-32,35-38,68H,4-20,27-28,33-34,39-67H2,1-3H3/b24-21-,25-22-,26-23-,31-29-,32-30-,37-35-,38-36-. The van der Waals surface area contributed by atoms with E-state index in [9.17, 15) is 14.4 Å². The van der Waals surface area contributed by atoms with Crippen LogP contribution in [0.2, 0.25) is 0 Å². The predicted octanol–water partition coefficient (Wildman–Crippen LogP) is 22.7. The second kappa shape index (κ2) is 65.1. The van der Waals surface area contributed by atoms with Gasteiger partial charge in [0.05, 0.1) is 0 Å². The fraction of sp³-hybridized carbons (Fsp3) is 0.761. The van der Waals surface area contributed by atoms with E-state index in [-0.39, 0.29) is 31.1 Å². The molecule has 0 aromatic carbocycles. The summed E-state index contributed by atoms with van der Waals surface area (Å²) in [5, 5.41) is 0. The maximum Gasteiger partial charge on any atom is 0.306 e. The van der Waals surface area contributed by atoms with Gasteiger partial charge in [-0.25, -0.2) is 0 Å². The van der Waals surface area contributed by atoms with Crippen molar-refractivity contribution in [2.24, 2.45) is 0 Å². The Balaban J connectivity index is 4.36. The predicted molar refractivity (Wildman–Crippen MR) is 334 cm³/mol. The van der Waals surface area contributed by atoms with Crippen LogP contribution in [0.25, 0.3) is 0 Å². The third-order valence-electron chi connectivity index (χ3n) is 14.3. The quantitative estimate of drug-likeness (QED) is 0.0261. The molecule has 0 fully saturated rings. The van der Waals surface area contributed by atoms with E-state index in [0.29, 0.717) is 19.3 Å². The number of carbonyl (C=O) groups is 3. The van der Waals surface area contributed by atoms with Crippen LogP contribution in [0.3, 0.4) is 0 Å². The third kappa shape index (κ3) is 63.3. The van der Waals surface area contributed by atoms with Gasteiger partial charge >= 0.3 is 17.9 Å². The fourth-order valence-corrected chi connectivity index (χ4v) is 9.33. The van der Waals surface area contributed by atoms with E-state index in [4.69, 9.17) is 14.2 Å². The highest BCUT2D eigenvalue weighted by Crippen LogP contribution is 2.16. The number of hydrogen-bond acceptors (Lipinski definition) is 6. The van der Waals surface area contributed by atoms with Crippen molar-refractivity contribution in [1.29, 1.82) is 0 Å². The van der Waals surface area contributed by atoms with Crippen LogP contribution in [0, 0.1) is 0 Å². The molecule has 0 saturated carbocycles. The summed E-state index contributed by atoms with van der Waals surface area (Å²) >= 11 is 0. The first-order chi connectivity index (χ1) is 38.0. The summed E-state index contributed by atoms with van der Waals surface area (Å²) in [6.45, 7) is 6.61. The van der Waals surface area contributed by atoms with Gasteiger partial charge in [-0.05, 0) is 122 Å². The molecule has 0 bridgehead atoms. The smallest absolute Gasteiger partial charge is 0.306 e. The third-order valence-corrected chi connectivity index (χ3v) is 14.3. The normalized spacial score (nSPS) is 12.6. The molecule has 0 heterocycles. The minimum atomic E-state index is -0.789. The first kappa shape index (κ1) is 73.6. The highest BCUT2D eigenvalue weighted by molar-refractivity contribution is 5.71. The largest absolute Gasteiger partial charge is 0.462 e. The highest BCUT2D eigenvalue weighted by Gasteiger charge is 2.19. The van der Waals surface area contributed by atoms with E-state index < -0.39 is 6.10 Å². The Hall–Kier alpha value is -3.41. The summed E-state index contributed by atoms with van der Waals surface area (Å²) in [6, 6.07) is 0. The number of esters is 3. The van der Waals surface area contributed by atoms with Crippen molar-refractivity contribution in [1.82, 2.24) is 0 Å². The first-order valence-corrected chi connectivity index (χ1v) is 33.1. The van der Waals surface area contributed by atoms with Gasteiger partial charge in [0, 0.05) is 19.3 Å². The summed E-state index contributed by atoms with van der Waals surface area (Å²) in [4.78, 5) is 38.3. The summed E-state index contributed by atoms with van der Waals surface area (Å²) in [5.41, 5.74) is 0. The van der Waals surface area contributed by atoms with Crippen LogP contribution in [0.4, 0.5) is 0 Å². The molecule has 0 aliphatic heterocycles. The Labute approximate surface area is 477 Å². The van der Waals surface area contributed by atoms with Crippen LogP contribution in [-0.4, -0.2) is 37.2 Å². The molecule has 0 saturated heterocycles. The summed E-state index contributed by atoms with van der Waals surface area (Å²) in [6.07, 6.45) is 85.8. The summed E-state index contributed by atoms with van der Waals surface area (Å²) in [5.74, 6) is -0.896. The van der Waals surface area contributed by atoms with Crippen molar-refractivity contribution in [2.75, 3.05) is 13.2 Å². The average Bonchev–Trinajstić information content (AvgIpc) is 3.43. The second-order valence-corrected chi connectivity index (χ2v) is 22.0. The van der Waals surface area contributed by atoms with Crippen LogP contribution in [-0.2, 0) is 28.6 Å².